The van der Waals surface area contributed by atoms with Gasteiger partial charge in [0.25, 0.3) is 0 Å². The van der Waals surface area contributed by atoms with Gasteiger partial charge in [-0.05, 0) is 26.5 Å². The zero-order valence-electron chi connectivity index (χ0n) is 11.7. The lowest BCUT2D eigenvalue weighted by atomic mass is 10.1. The minimum Gasteiger partial charge on any atom is -0.409 e. The van der Waals surface area contributed by atoms with Crippen LogP contribution in [0.15, 0.2) is 23.4 Å². The molecule has 0 radical (unpaired) electrons. The Morgan fingerprint density at radius 2 is 2.35 bits per heavy atom. The summed E-state index contributed by atoms with van der Waals surface area (Å²) >= 11 is 0. The molecule has 1 fully saturated rings. The first-order chi connectivity index (χ1) is 9.52. The van der Waals surface area contributed by atoms with E-state index in [1.807, 2.05) is 14.0 Å². The van der Waals surface area contributed by atoms with Crippen molar-refractivity contribution in [2.24, 2.45) is 10.9 Å². The highest BCUT2D eigenvalue weighted by Gasteiger charge is 2.28. The second kappa shape index (κ2) is 6.19. The van der Waals surface area contributed by atoms with E-state index in [0.717, 1.165) is 13.0 Å². The Morgan fingerprint density at radius 1 is 1.60 bits per heavy atom. The van der Waals surface area contributed by atoms with Crippen molar-refractivity contribution < 1.29 is 14.3 Å². The van der Waals surface area contributed by atoms with E-state index in [1.165, 1.54) is 6.07 Å². The highest BCUT2D eigenvalue weighted by Crippen LogP contribution is 2.21. The van der Waals surface area contributed by atoms with Crippen LogP contribution in [0.25, 0.3) is 0 Å². The van der Waals surface area contributed by atoms with Crippen LogP contribution in [0.1, 0.15) is 24.5 Å². The molecule has 1 saturated heterocycles. The molecule has 1 aromatic rings. The fourth-order valence-corrected chi connectivity index (χ4v) is 2.58. The van der Waals surface area contributed by atoms with Crippen LogP contribution in [0.3, 0.4) is 0 Å². The van der Waals surface area contributed by atoms with Gasteiger partial charge in [0, 0.05) is 30.3 Å². The molecular weight excluding hydrogens is 261 g/mol. The van der Waals surface area contributed by atoms with Crippen molar-refractivity contribution in [1.29, 1.82) is 0 Å². The molecule has 2 rings (SSSR count). The second-order valence-corrected chi connectivity index (χ2v) is 5.14. The molecule has 6 heteroatoms. The molecule has 5 nitrogen and oxygen atoms in total. The zero-order valence-corrected chi connectivity index (χ0v) is 11.7. The fourth-order valence-electron chi connectivity index (χ4n) is 2.58. The van der Waals surface area contributed by atoms with E-state index in [2.05, 4.69) is 10.1 Å². The Hall–Kier alpha value is -1.66. The summed E-state index contributed by atoms with van der Waals surface area (Å²) < 4.78 is 19.6. The Kier molecular flexibility index (Phi) is 4.57. The smallest absolute Gasteiger partial charge is 0.170 e. The standard InChI is InChI=1S/C14H20FN3O2/c1-9-13(5-6-20-9)18(2)8-11-4-3-10(7-12(11)15)14(16)17-19/h3-4,7,9,13,19H,5-6,8H2,1-2H3,(H2,16,17). The number of oxime groups is 1. The van der Waals surface area contributed by atoms with Gasteiger partial charge in [-0.2, -0.15) is 0 Å². The van der Waals surface area contributed by atoms with Crippen LogP contribution < -0.4 is 5.73 Å². The van der Waals surface area contributed by atoms with Gasteiger partial charge >= 0.3 is 0 Å². The maximum atomic E-state index is 14.0. The van der Waals surface area contributed by atoms with Crippen molar-refractivity contribution in [1.82, 2.24) is 4.90 Å². The molecule has 0 saturated carbocycles. The van der Waals surface area contributed by atoms with E-state index in [9.17, 15) is 4.39 Å². The van der Waals surface area contributed by atoms with E-state index in [-0.39, 0.29) is 17.8 Å². The molecular formula is C14H20FN3O2. The van der Waals surface area contributed by atoms with Crippen molar-refractivity contribution >= 4 is 5.84 Å². The monoisotopic (exact) mass is 281 g/mol. The van der Waals surface area contributed by atoms with Crippen LogP contribution in [0.5, 0.6) is 0 Å². The minimum atomic E-state index is -0.354. The van der Waals surface area contributed by atoms with Crippen LogP contribution >= 0.6 is 0 Å². The van der Waals surface area contributed by atoms with Gasteiger partial charge in [-0.15, -0.1) is 0 Å². The summed E-state index contributed by atoms with van der Waals surface area (Å²) in [5.41, 5.74) is 6.39. The summed E-state index contributed by atoms with van der Waals surface area (Å²) in [6.07, 6.45) is 1.13. The van der Waals surface area contributed by atoms with Crippen LogP contribution in [0.4, 0.5) is 4.39 Å². The molecule has 0 bridgehead atoms. The van der Waals surface area contributed by atoms with Crippen molar-refractivity contribution in [2.75, 3.05) is 13.7 Å². The molecule has 1 aromatic carbocycles. The summed E-state index contributed by atoms with van der Waals surface area (Å²) in [5.74, 6) is -0.450. The number of hydrogen-bond acceptors (Lipinski definition) is 4. The van der Waals surface area contributed by atoms with Crippen LogP contribution in [0.2, 0.25) is 0 Å². The lowest BCUT2D eigenvalue weighted by Gasteiger charge is -2.26. The molecule has 0 aromatic heterocycles. The number of likely N-dealkylation sites (N-methyl/N-ethyl adjacent to an activating group) is 1. The maximum absolute atomic E-state index is 14.0. The predicted molar refractivity (Wildman–Crippen MR) is 74.2 cm³/mol. The van der Waals surface area contributed by atoms with Gasteiger partial charge < -0.3 is 15.7 Å². The zero-order chi connectivity index (χ0) is 14.7. The fraction of sp³-hybridized carbons (Fsp3) is 0.500. The lowest BCUT2D eigenvalue weighted by molar-refractivity contribution is 0.0811. The largest absolute Gasteiger partial charge is 0.409 e. The van der Waals surface area contributed by atoms with E-state index in [1.54, 1.807) is 12.1 Å². The third kappa shape index (κ3) is 3.08. The number of nitrogens with two attached hydrogens (primary N) is 1. The third-order valence-electron chi connectivity index (χ3n) is 3.78. The normalized spacial score (nSPS) is 23.5. The van der Waals surface area contributed by atoms with Crippen molar-refractivity contribution in [3.8, 4) is 0 Å². The number of ether oxygens (including phenoxy) is 1. The van der Waals surface area contributed by atoms with E-state index < -0.39 is 0 Å². The van der Waals surface area contributed by atoms with Gasteiger partial charge in [0.2, 0.25) is 0 Å². The molecule has 2 unspecified atom stereocenters. The first kappa shape index (κ1) is 14.7. The molecule has 2 atom stereocenters. The minimum absolute atomic E-state index is 0.0957. The Bertz CT molecular complexity index is 507. The van der Waals surface area contributed by atoms with Gasteiger partial charge in [-0.3, -0.25) is 4.90 Å². The van der Waals surface area contributed by atoms with Crippen LogP contribution in [0, 0.1) is 5.82 Å². The summed E-state index contributed by atoms with van der Waals surface area (Å²) in [6.45, 7) is 3.29. The highest BCUT2D eigenvalue weighted by molar-refractivity contribution is 5.97. The van der Waals surface area contributed by atoms with Gasteiger partial charge in [-0.1, -0.05) is 17.3 Å². The van der Waals surface area contributed by atoms with Gasteiger partial charge in [0.05, 0.1) is 6.10 Å². The Labute approximate surface area is 117 Å². The first-order valence-corrected chi connectivity index (χ1v) is 6.61. The molecule has 0 amide bonds. The van der Waals surface area contributed by atoms with Gasteiger partial charge in [0.15, 0.2) is 5.84 Å². The molecule has 20 heavy (non-hydrogen) atoms. The number of amidine groups is 1. The van der Waals surface area contributed by atoms with Crippen LogP contribution in [-0.2, 0) is 11.3 Å². The molecule has 0 aliphatic carbocycles. The Morgan fingerprint density at radius 3 is 2.90 bits per heavy atom. The summed E-state index contributed by atoms with van der Waals surface area (Å²) in [4.78, 5) is 2.10. The SMILES string of the molecule is CC1OCCC1N(C)Cc1ccc(/C(N)=N/O)cc1F. The van der Waals surface area contributed by atoms with E-state index in [0.29, 0.717) is 23.7 Å². The average molecular weight is 281 g/mol. The van der Waals surface area contributed by atoms with Crippen molar-refractivity contribution in [2.45, 2.75) is 32.0 Å². The van der Waals surface area contributed by atoms with Gasteiger partial charge in [0.1, 0.15) is 5.82 Å². The van der Waals surface area contributed by atoms with Gasteiger partial charge in [-0.25, -0.2) is 4.39 Å². The van der Waals surface area contributed by atoms with Crippen molar-refractivity contribution in [3.63, 3.8) is 0 Å². The maximum Gasteiger partial charge on any atom is 0.170 e. The number of hydrogen-bond donors (Lipinski definition) is 2. The first-order valence-electron chi connectivity index (χ1n) is 6.61. The quantitative estimate of drug-likeness (QED) is 0.380. The number of benzene rings is 1. The molecule has 1 aliphatic rings. The van der Waals surface area contributed by atoms with E-state index >= 15 is 0 Å². The van der Waals surface area contributed by atoms with Crippen molar-refractivity contribution in [3.05, 3.63) is 35.1 Å². The molecule has 1 aliphatic heterocycles. The Balaban J connectivity index is 2.10. The third-order valence-corrected chi connectivity index (χ3v) is 3.78. The topological polar surface area (TPSA) is 71.1 Å². The summed E-state index contributed by atoms with van der Waals surface area (Å²) in [6, 6.07) is 4.90. The number of nitrogens with zero attached hydrogens (tertiary/aromatic N) is 2. The highest BCUT2D eigenvalue weighted by atomic mass is 19.1. The molecule has 1 heterocycles. The van der Waals surface area contributed by atoms with Crippen LogP contribution in [-0.4, -0.2) is 41.7 Å². The number of rotatable bonds is 4. The second-order valence-electron chi connectivity index (χ2n) is 5.14. The lowest BCUT2D eigenvalue weighted by Crippen LogP contribution is -2.36. The summed E-state index contributed by atoms with van der Waals surface area (Å²) in [5, 5.41) is 11.4. The molecule has 3 N–H and O–H groups in total. The number of halogens is 1. The van der Waals surface area contributed by atoms with E-state index in [4.69, 9.17) is 15.7 Å². The molecule has 110 valence electrons. The summed E-state index contributed by atoms with van der Waals surface area (Å²) in [7, 11) is 1.97. The molecule has 0 spiro atoms. The predicted octanol–water partition coefficient (Wildman–Crippen LogP) is 1.53. The average Bonchev–Trinajstić information content (AvgIpc) is 2.86.